The summed E-state index contributed by atoms with van der Waals surface area (Å²) in [7, 11) is 0. The molecule has 2 aliphatic rings. The Morgan fingerprint density at radius 1 is 0.903 bits per heavy atom. The highest BCUT2D eigenvalue weighted by atomic mass is 16.5. The number of likely N-dealkylation sites (tertiary alicyclic amines) is 1. The lowest BCUT2D eigenvalue weighted by atomic mass is 10.0. The number of morpholine rings is 1. The molecule has 0 bridgehead atoms. The van der Waals surface area contributed by atoms with E-state index in [0.717, 1.165) is 32.5 Å². The van der Waals surface area contributed by atoms with E-state index in [1.165, 1.54) is 5.56 Å². The number of nitrogens with one attached hydrogen (secondary N) is 2. The summed E-state index contributed by atoms with van der Waals surface area (Å²) in [5, 5.41) is 5.95. The second-order valence-electron chi connectivity index (χ2n) is 8.12. The molecule has 0 spiro atoms. The maximum atomic E-state index is 12.5. The van der Waals surface area contributed by atoms with Crippen molar-refractivity contribution in [2.45, 2.75) is 25.4 Å². The standard InChI is InChI=1S/C24H30N4O3/c29-23(28-14-16-31-17-15-28)20-6-8-21(9-7-20)25-24(30)26-22-10-12-27(13-11-22)18-19-4-2-1-3-5-19/h1-9,22H,10-18H2,(H2,25,26,30). The number of benzene rings is 2. The Hall–Kier alpha value is -2.90. The Labute approximate surface area is 183 Å². The molecule has 2 aromatic carbocycles. The van der Waals surface area contributed by atoms with Crippen molar-refractivity contribution in [3.8, 4) is 0 Å². The first-order valence-corrected chi connectivity index (χ1v) is 11.0. The van der Waals surface area contributed by atoms with E-state index in [-0.39, 0.29) is 18.0 Å². The first kappa shape index (κ1) is 21.3. The van der Waals surface area contributed by atoms with E-state index < -0.39 is 0 Å². The highest BCUT2D eigenvalue weighted by Gasteiger charge is 2.21. The van der Waals surface area contributed by atoms with Crippen LogP contribution in [0.4, 0.5) is 10.5 Å². The topological polar surface area (TPSA) is 73.9 Å². The molecule has 31 heavy (non-hydrogen) atoms. The molecule has 3 amide bonds. The van der Waals surface area contributed by atoms with Gasteiger partial charge in [-0.15, -0.1) is 0 Å². The molecule has 0 aromatic heterocycles. The molecule has 164 valence electrons. The van der Waals surface area contributed by atoms with Crippen LogP contribution in [0.15, 0.2) is 54.6 Å². The SMILES string of the molecule is O=C(Nc1ccc(C(=O)N2CCOCC2)cc1)NC1CCN(Cc2ccccc2)CC1. The fourth-order valence-electron chi connectivity index (χ4n) is 4.07. The van der Waals surface area contributed by atoms with Gasteiger partial charge in [-0.05, 0) is 42.7 Å². The number of piperidine rings is 1. The fraction of sp³-hybridized carbons (Fsp3) is 0.417. The lowest BCUT2D eigenvalue weighted by Crippen LogP contribution is -2.45. The first-order chi connectivity index (χ1) is 15.2. The molecule has 4 rings (SSSR count). The molecule has 0 unspecified atom stereocenters. The summed E-state index contributed by atoms with van der Waals surface area (Å²) in [6, 6.07) is 17.5. The van der Waals surface area contributed by atoms with Crippen LogP contribution in [0.2, 0.25) is 0 Å². The molecule has 2 N–H and O–H groups in total. The van der Waals surface area contributed by atoms with Gasteiger partial charge in [0.15, 0.2) is 0 Å². The van der Waals surface area contributed by atoms with E-state index in [0.29, 0.717) is 37.6 Å². The van der Waals surface area contributed by atoms with Crippen molar-refractivity contribution in [3.05, 3.63) is 65.7 Å². The average Bonchev–Trinajstić information content (AvgIpc) is 2.82. The van der Waals surface area contributed by atoms with Crippen molar-refractivity contribution in [2.24, 2.45) is 0 Å². The third kappa shape index (κ3) is 6.06. The zero-order chi connectivity index (χ0) is 21.5. The highest BCUT2D eigenvalue weighted by molar-refractivity contribution is 5.95. The van der Waals surface area contributed by atoms with Crippen LogP contribution < -0.4 is 10.6 Å². The summed E-state index contributed by atoms with van der Waals surface area (Å²) in [6.07, 6.45) is 1.88. The van der Waals surface area contributed by atoms with Gasteiger partial charge >= 0.3 is 6.03 Å². The maximum Gasteiger partial charge on any atom is 0.319 e. The summed E-state index contributed by atoms with van der Waals surface area (Å²) in [4.78, 5) is 29.1. The van der Waals surface area contributed by atoms with Crippen LogP contribution in [0.25, 0.3) is 0 Å². The van der Waals surface area contributed by atoms with Crippen molar-refractivity contribution < 1.29 is 14.3 Å². The van der Waals surface area contributed by atoms with Crippen LogP contribution in [0.3, 0.4) is 0 Å². The van der Waals surface area contributed by atoms with Gasteiger partial charge in [-0.2, -0.15) is 0 Å². The molecule has 0 radical (unpaired) electrons. The van der Waals surface area contributed by atoms with Gasteiger partial charge in [0.05, 0.1) is 13.2 Å². The van der Waals surface area contributed by atoms with E-state index in [1.54, 1.807) is 29.2 Å². The van der Waals surface area contributed by atoms with Crippen molar-refractivity contribution in [1.29, 1.82) is 0 Å². The van der Waals surface area contributed by atoms with Gasteiger partial charge in [-0.1, -0.05) is 30.3 Å². The largest absolute Gasteiger partial charge is 0.378 e. The van der Waals surface area contributed by atoms with Gasteiger partial charge in [0.1, 0.15) is 0 Å². The Bertz CT molecular complexity index is 858. The molecule has 7 heteroatoms. The van der Waals surface area contributed by atoms with Crippen molar-refractivity contribution in [1.82, 2.24) is 15.1 Å². The van der Waals surface area contributed by atoms with Crippen molar-refractivity contribution in [3.63, 3.8) is 0 Å². The third-order valence-electron chi connectivity index (χ3n) is 5.86. The predicted octanol–water partition coefficient (Wildman–Crippen LogP) is 2.95. The quantitative estimate of drug-likeness (QED) is 0.777. The molecule has 2 aromatic rings. The molecule has 0 aliphatic carbocycles. The molecule has 0 atom stereocenters. The Balaban J connectivity index is 1.20. The van der Waals surface area contributed by atoms with Gasteiger partial charge in [-0.3, -0.25) is 9.69 Å². The summed E-state index contributed by atoms with van der Waals surface area (Å²) in [5.41, 5.74) is 2.62. The van der Waals surface area contributed by atoms with Crippen LogP contribution >= 0.6 is 0 Å². The minimum Gasteiger partial charge on any atom is -0.378 e. The minimum absolute atomic E-state index is 0.00145. The number of hydrogen-bond acceptors (Lipinski definition) is 4. The number of nitrogens with zero attached hydrogens (tertiary/aromatic N) is 2. The number of amides is 3. The van der Waals surface area contributed by atoms with Crippen molar-refractivity contribution >= 4 is 17.6 Å². The molecule has 0 saturated carbocycles. The van der Waals surface area contributed by atoms with E-state index in [4.69, 9.17) is 4.74 Å². The summed E-state index contributed by atoms with van der Waals surface area (Å²) in [6.45, 7) is 5.29. The van der Waals surface area contributed by atoms with Gasteiger partial charge in [0.25, 0.3) is 5.91 Å². The second-order valence-corrected chi connectivity index (χ2v) is 8.12. The number of urea groups is 1. The zero-order valence-corrected chi connectivity index (χ0v) is 17.8. The molecular weight excluding hydrogens is 392 g/mol. The van der Waals surface area contributed by atoms with Gasteiger partial charge in [-0.25, -0.2) is 4.79 Å². The minimum atomic E-state index is -0.200. The van der Waals surface area contributed by atoms with E-state index in [1.807, 2.05) is 6.07 Å². The molecule has 2 saturated heterocycles. The lowest BCUT2D eigenvalue weighted by Gasteiger charge is -2.32. The number of anilines is 1. The highest BCUT2D eigenvalue weighted by Crippen LogP contribution is 2.15. The predicted molar refractivity (Wildman–Crippen MR) is 120 cm³/mol. The molecule has 7 nitrogen and oxygen atoms in total. The maximum absolute atomic E-state index is 12.5. The summed E-state index contributed by atoms with van der Waals surface area (Å²) >= 11 is 0. The molecule has 2 heterocycles. The monoisotopic (exact) mass is 422 g/mol. The normalized spacial score (nSPS) is 17.9. The summed E-state index contributed by atoms with van der Waals surface area (Å²) in [5.74, 6) is 0.00145. The average molecular weight is 423 g/mol. The van der Waals surface area contributed by atoms with Gasteiger partial charge < -0.3 is 20.3 Å². The van der Waals surface area contributed by atoms with Crippen LogP contribution in [0, 0.1) is 0 Å². The number of carbonyl (C=O) groups excluding carboxylic acids is 2. The van der Waals surface area contributed by atoms with Crippen molar-refractivity contribution in [2.75, 3.05) is 44.7 Å². The first-order valence-electron chi connectivity index (χ1n) is 11.0. The number of rotatable bonds is 5. The number of hydrogen-bond donors (Lipinski definition) is 2. The van der Waals surface area contributed by atoms with Crippen LogP contribution in [0.1, 0.15) is 28.8 Å². The molecular formula is C24H30N4O3. The Morgan fingerprint density at radius 2 is 1.58 bits per heavy atom. The van der Waals surface area contributed by atoms with Gasteiger partial charge in [0.2, 0.25) is 0 Å². The Morgan fingerprint density at radius 3 is 2.26 bits per heavy atom. The number of ether oxygens (including phenoxy) is 1. The van der Waals surface area contributed by atoms with E-state index in [9.17, 15) is 9.59 Å². The van der Waals surface area contributed by atoms with E-state index in [2.05, 4.69) is 39.8 Å². The lowest BCUT2D eigenvalue weighted by molar-refractivity contribution is 0.0303. The fourth-order valence-corrected chi connectivity index (χ4v) is 4.07. The number of carbonyl (C=O) groups is 2. The smallest absolute Gasteiger partial charge is 0.319 e. The second kappa shape index (κ2) is 10.4. The molecule has 2 fully saturated rings. The van der Waals surface area contributed by atoms with Gasteiger partial charge in [0, 0.05) is 50.0 Å². The van der Waals surface area contributed by atoms with E-state index >= 15 is 0 Å². The molecule has 2 aliphatic heterocycles. The third-order valence-corrected chi connectivity index (χ3v) is 5.86. The summed E-state index contributed by atoms with van der Waals surface area (Å²) < 4.78 is 5.29. The van der Waals surface area contributed by atoms with Crippen LogP contribution in [-0.4, -0.2) is 67.2 Å². The van der Waals surface area contributed by atoms with Crippen LogP contribution in [0.5, 0.6) is 0 Å². The zero-order valence-electron chi connectivity index (χ0n) is 17.8. The Kier molecular flexibility index (Phi) is 7.17. The van der Waals surface area contributed by atoms with Crippen LogP contribution in [-0.2, 0) is 11.3 Å².